The van der Waals surface area contributed by atoms with E-state index < -0.39 is 23.3 Å². The maximum atomic E-state index is 13.7. The largest absolute Gasteiger partial charge is 0.507 e. The van der Waals surface area contributed by atoms with E-state index in [1.807, 2.05) is 0 Å². The van der Waals surface area contributed by atoms with Gasteiger partial charge in [0.05, 0.1) is 22.2 Å². The molecular weight excluding hydrogens is 423 g/mol. The number of aromatic nitrogens is 3. The second-order valence-electron chi connectivity index (χ2n) is 7.41. The van der Waals surface area contributed by atoms with E-state index in [-0.39, 0.29) is 34.2 Å². The molecule has 0 saturated carbocycles. The Kier molecular flexibility index (Phi) is 5.00. The van der Waals surface area contributed by atoms with E-state index in [1.54, 1.807) is 6.92 Å². The number of phenols is 1. The Bertz CT molecular complexity index is 1360. The quantitative estimate of drug-likeness (QED) is 0.342. The average Bonchev–Trinajstić information content (AvgIpc) is 3.12. The van der Waals surface area contributed by atoms with Gasteiger partial charge >= 0.3 is 0 Å². The number of hydrogen-bond donors (Lipinski definition) is 4. The summed E-state index contributed by atoms with van der Waals surface area (Å²) in [6.07, 6.45) is 0. The molecule has 4 rings (SSSR count). The number of imidazole rings is 1. The van der Waals surface area contributed by atoms with Crippen LogP contribution in [0.3, 0.4) is 0 Å². The minimum absolute atomic E-state index is 0.0811. The van der Waals surface area contributed by atoms with Crippen LogP contribution in [0, 0.1) is 12.7 Å². The zero-order valence-electron chi connectivity index (χ0n) is 17.0. The van der Waals surface area contributed by atoms with Gasteiger partial charge in [-0.25, -0.2) is 14.4 Å². The zero-order chi connectivity index (χ0) is 23.2. The minimum atomic E-state index is -3.19. The molecule has 0 unspecified atom stereocenters. The van der Waals surface area contributed by atoms with Crippen LogP contribution in [-0.2, 0) is 5.92 Å². The molecule has 0 atom stereocenters. The van der Waals surface area contributed by atoms with Crippen LogP contribution in [0.25, 0.3) is 22.4 Å². The Morgan fingerprint density at radius 2 is 1.91 bits per heavy atom. The minimum Gasteiger partial charge on any atom is -0.507 e. The molecule has 5 N–H and O–H groups in total. The topological polar surface area (TPSA) is 117 Å². The van der Waals surface area contributed by atoms with E-state index in [4.69, 9.17) is 5.73 Å². The number of aryl methyl sites for hydroxylation is 1. The number of nitrogens with two attached hydrogens (primary N) is 1. The lowest BCUT2D eigenvalue weighted by atomic mass is 10.1. The fourth-order valence-electron chi connectivity index (χ4n) is 3.29. The number of amides is 1. The van der Waals surface area contributed by atoms with Gasteiger partial charge in [0.1, 0.15) is 28.9 Å². The van der Waals surface area contributed by atoms with Gasteiger partial charge in [-0.05, 0) is 55.0 Å². The first-order valence-electron chi connectivity index (χ1n) is 9.48. The van der Waals surface area contributed by atoms with Crippen molar-refractivity contribution >= 4 is 28.4 Å². The number of aromatic amines is 1. The van der Waals surface area contributed by atoms with Gasteiger partial charge < -0.3 is 21.1 Å². The highest BCUT2D eigenvalue weighted by atomic mass is 19.3. The number of hydrogen-bond acceptors (Lipinski definition) is 5. The third-order valence-corrected chi connectivity index (χ3v) is 4.87. The van der Waals surface area contributed by atoms with Gasteiger partial charge in [0.15, 0.2) is 0 Å². The molecule has 32 heavy (non-hydrogen) atoms. The van der Waals surface area contributed by atoms with Gasteiger partial charge in [0, 0.05) is 12.6 Å². The standard InChI is InChI=1S/C22H18F3N5O2/c1-10-7-11(23)8-15-18(10)30-20(28-15)14-9-12(3-5-16(14)31)27-21(32)13-4-6-17(22(2,24)25)29-19(13)26/h3-9,31H,1-2H3,(H2,26,29)(H,27,32)(H,28,30). The molecule has 0 aliphatic heterocycles. The monoisotopic (exact) mass is 441 g/mol. The Hall–Kier alpha value is -4.08. The normalized spacial score (nSPS) is 11.7. The molecule has 0 fully saturated rings. The second kappa shape index (κ2) is 7.56. The predicted octanol–water partition coefficient (Wildman–Crippen LogP) is 4.72. The van der Waals surface area contributed by atoms with Crippen LogP contribution in [0.4, 0.5) is 24.7 Å². The predicted molar refractivity (Wildman–Crippen MR) is 114 cm³/mol. The van der Waals surface area contributed by atoms with Crippen molar-refractivity contribution in [1.82, 2.24) is 15.0 Å². The molecular formula is C22H18F3N5O2. The Balaban J connectivity index is 1.65. The van der Waals surface area contributed by atoms with Crippen molar-refractivity contribution < 1.29 is 23.1 Å². The van der Waals surface area contributed by atoms with Crippen molar-refractivity contribution in [2.75, 3.05) is 11.1 Å². The van der Waals surface area contributed by atoms with Gasteiger partial charge in [0.25, 0.3) is 11.8 Å². The van der Waals surface area contributed by atoms with E-state index in [1.165, 1.54) is 36.4 Å². The molecule has 1 amide bonds. The number of carbonyl (C=O) groups is 1. The van der Waals surface area contributed by atoms with Crippen LogP contribution < -0.4 is 11.1 Å². The molecule has 0 saturated heterocycles. The number of H-pyrrole nitrogens is 1. The van der Waals surface area contributed by atoms with Crippen LogP contribution >= 0.6 is 0 Å². The summed E-state index contributed by atoms with van der Waals surface area (Å²) in [6, 6.07) is 9.11. The number of nitrogens with zero attached hydrogens (tertiary/aromatic N) is 2. The van der Waals surface area contributed by atoms with Crippen molar-refractivity contribution in [3.8, 4) is 17.1 Å². The first-order chi connectivity index (χ1) is 15.0. The number of rotatable bonds is 4. The zero-order valence-corrected chi connectivity index (χ0v) is 17.0. The Morgan fingerprint density at radius 3 is 2.59 bits per heavy atom. The summed E-state index contributed by atoms with van der Waals surface area (Å²) in [6.45, 7) is 2.39. The highest BCUT2D eigenvalue weighted by Crippen LogP contribution is 2.33. The number of pyridine rings is 1. The van der Waals surface area contributed by atoms with Crippen molar-refractivity contribution in [2.45, 2.75) is 19.8 Å². The number of aromatic hydroxyl groups is 1. The molecule has 0 aliphatic carbocycles. The number of anilines is 2. The lowest BCUT2D eigenvalue weighted by molar-refractivity contribution is 0.0128. The number of benzene rings is 2. The summed E-state index contributed by atoms with van der Waals surface area (Å²) in [5.74, 6) is -4.46. The van der Waals surface area contributed by atoms with Crippen molar-refractivity contribution in [3.05, 3.63) is 65.1 Å². The lowest BCUT2D eigenvalue weighted by Crippen LogP contribution is -2.17. The fraction of sp³-hybridized carbons (Fsp3) is 0.136. The fourth-order valence-corrected chi connectivity index (χ4v) is 3.29. The van der Waals surface area contributed by atoms with Gasteiger partial charge in [-0.1, -0.05) is 0 Å². The van der Waals surface area contributed by atoms with E-state index in [0.717, 1.165) is 6.07 Å². The highest BCUT2D eigenvalue weighted by Gasteiger charge is 2.27. The third-order valence-electron chi connectivity index (χ3n) is 4.87. The van der Waals surface area contributed by atoms with Crippen molar-refractivity contribution in [1.29, 1.82) is 0 Å². The van der Waals surface area contributed by atoms with E-state index in [0.29, 0.717) is 23.5 Å². The van der Waals surface area contributed by atoms with Crippen LogP contribution in [0.1, 0.15) is 28.5 Å². The van der Waals surface area contributed by atoms with Gasteiger partial charge in [-0.15, -0.1) is 0 Å². The number of alkyl halides is 2. The van der Waals surface area contributed by atoms with Gasteiger partial charge in [-0.3, -0.25) is 4.79 Å². The van der Waals surface area contributed by atoms with E-state index in [2.05, 4.69) is 20.3 Å². The number of fused-ring (bicyclic) bond motifs is 1. The molecule has 2 aromatic carbocycles. The second-order valence-corrected chi connectivity index (χ2v) is 7.41. The lowest BCUT2D eigenvalue weighted by Gasteiger charge is -2.13. The number of phenolic OH excluding ortho intramolecular Hbond substituents is 1. The average molecular weight is 441 g/mol. The smallest absolute Gasteiger partial charge is 0.287 e. The van der Waals surface area contributed by atoms with Crippen molar-refractivity contribution in [3.63, 3.8) is 0 Å². The number of halogens is 3. The first kappa shape index (κ1) is 21.2. The molecule has 4 aromatic rings. The van der Waals surface area contributed by atoms with Crippen LogP contribution in [0.5, 0.6) is 5.75 Å². The maximum Gasteiger partial charge on any atom is 0.287 e. The highest BCUT2D eigenvalue weighted by molar-refractivity contribution is 6.07. The first-order valence-corrected chi connectivity index (χ1v) is 9.48. The SMILES string of the molecule is Cc1cc(F)cc2[nH]c(-c3cc(NC(=O)c4ccc(C(C)(F)F)nc4N)ccc3O)nc12. The third kappa shape index (κ3) is 3.94. The molecule has 10 heteroatoms. The molecule has 0 spiro atoms. The van der Waals surface area contributed by atoms with Crippen LogP contribution in [0.15, 0.2) is 42.5 Å². The summed E-state index contributed by atoms with van der Waals surface area (Å²) in [5.41, 5.74) is 7.25. The van der Waals surface area contributed by atoms with E-state index in [9.17, 15) is 23.1 Å². The summed E-state index contributed by atoms with van der Waals surface area (Å²) in [5, 5.41) is 12.9. The molecule has 0 aliphatic rings. The molecule has 2 aromatic heterocycles. The molecule has 164 valence electrons. The summed E-state index contributed by atoms with van der Waals surface area (Å²) < 4.78 is 40.5. The van der Waals surface area contributed by atoms with Crippen molar-refractivity contribution in [2.24, 2.45) is 0 Å². The van der Waals surface area contributed by atoms with Crippen LogP contribution in [0.2, 0.25) is 0 Å². The Morgan fingerprint density at radius 1 is 1.16 bits per heavy atom. The maximum absolute atomic E-state index is 13.7. The summed E-state index contributed by atoms with van der Waals surface area (Å²) in [7, 11) is 0. The molecule has 0 bridgehead atoms. The Labute approximate surface area is 180 Å². The van der Waals surface area contributed by atoms with E-state index >= 15 is 0 Å². The molecule has 7 nitrogen and oxygen atoms in total. The number of nitrogens with one attached hydrogen (secondary N) is 2. The summed E-state index contributed by atoms with van der Waals surface area (Å²) >= 11 is 0. The molecule has 0 radical (unpaired) electrons. The number of carbonyl (C=O) groups excluding carboxylic acids is 1. The van der Waals surface area contributed by atoms with Gasteiger partial charge in [0.2, 0.25) is 0 Å². The number of nitrogen functional groups attached to an aromatic ring is 1. The summed E-state index contributed by atoms with van der Waals surface area (Å²) in [4.78, 5) is 23.6. The van der Waals surface area contributed by atoms with Gasteiger partial charge in [-0.2, -0.15) is 8.78 Å². The van der Waals surface area contributed by atoms with Crippen LogP contribution in [-0.4, -0.2) is 26.0 Å². The molecule has 2 heterocycles.